The summed E-state index contributed by atoms with van der Waals surface area (Å²) in [6.45, 7) is 3.47. The Kier molecular flexibility index (Phi) is 4.12. The van der Waals surface area contributed by atoms with Crippen LogP contribution in [0.25, 0.3) is 0 Å². The summed E-state index contributed by atoms with van der Waals surface area (Å²) in [5.74, 6) is 0.115. The van der Waals surface area contributed by atoms with Crippen molar-refractivity contribution in [2.45, 2.75) is 32.3 Å². The van der Waals surface area contributed by atoms with Gasteiger partial charge in [-0.25, -0.2) is 4.98 Å². The third-order valence-electron chi connectivity index (χ3n) is 3.10. The van der Waals surface area contributed by atoms with Gasteiger partial charge in [-0.3, -0.25) is 4.79 Å². The Morgan fingerprint density at radius 3 is 3.12 bits per heavy atom. The number of rotatable bonds is 4. The van der Waals surface area contributed by atoms with E-state index < -0.39 is 0 Å². The second kappa shape index (κ2) is 5.60. The summed E-state index contributed by atoms with van der Waals surface area (Å²) >= 11 is 1.66. The fourth-order valence-corrected chi connectivity index (χ4v) is 2.73. The summed E-state index contributed by atoms with van der Waals surface area (Å²) in [5, 5.41) is 0. The van der Waals surface area contributed by atoms with Gasteiger partial charge in [0.2, 0.25) is 0 Å². The highest BCUT2D eigenvalue weighted by Crippen LogP contribution is 2.16. The first-order valence-corrected chi connectivity index (χ1v) is 6.82. The third-order valence-corrected chi connectivity index (χ3v) is 4.10. The van der Waals surface area contributed by atoms with Crippen LogP contribution in [0.2, 0.25) is 0 Å². The van der Waals surface area contributed by atoms with Crippen molar-refractivity contribution in [3.8, 4) is 0 Å². The molecule has 0 saturated carbocycles. The maximum absolute atomic E-state index is 12.0. The second-order valence-electron chi connectivity index (χ2n) is 4.37. The molecule has 5 heteroatoms. The van der Waals surface area contributed by atoms with Gasteiger partial charge in [-0.2, -0.15) is 0 Å². The lowest BCUT2D eigenvalue weighted by molar-refractivity contribution is -0.139. The van der Waals surface area contributed by atoms with Crippen molar-refractivity contribution < 1.29 is 9.53 Å². The van der Waals surface area contributed by atoms with Gasteiger partial charge in [0.15, 0.2) is 0 Å². The molecule has 1 atom stereocenters. The monoisotopic (exact) mass is 254 g/mol. The summed E-state index contributed by atoms with van der Waals surface area (Å²) in [4.78, 5) is 19.2. The minimum atomic E-state index is -0.206. The predicted octanol–water partition coefficient (Wildman–Crippen LogP) is 1.63. The van der Waals surface area contributed by atoms with Crippen molar-refractivity contribution >= 4 is 17.2 Å². The normalized spacial score (nSPS) is 19.5. The van der Waals surface area contributed by atoms with E-state index in [2.05, 4.69) is 4.98 Å². The van der Waals surface area contributed by atoms with E-state index in [9.17, 15) is 4.79 Å². The highest BCUT2D eigenvalue weighted by Gasteiger charge is 2.26. The Hall–Kier alpha value is -0.940. The number of aromatic nitrogens is 1. The molecule has 0 spiro atoms. The molecule has 0 unspecified atom stereocenters. The lowest BCUT2D eigenvalue weighted by Crippen LogP contribution is -2.37. The van der Waals surface area contributed by atoms with Crippen LogP contribution in [0.4, 0.5) is 0 Å². The zero-order valence-corrected chi connectivity index (χ0v) is 11.1. The van der Waals surface area contributed by atoms with Crippen LogP contribution in [0.3, 0.4) is 0 Å². The van der Waals surface area contributed by atoms with Crippen molar-refractivity contribution in [2.24, 2.45) is 0 Å². The van der Waals surface area contributed by atoms with Crippen molar-refractivity contribution in [3.05, 3.63) is 16.1 Å². The van der Waals surface area contributed by atoms with E-state index in [1.54, 1.807) is 16.2 Å². The third kappa shape index (κ3) is 3.04. The topological polar surface area (TPSA) is 42.4 Å². The standard InChI is InChI=1S/C12H18N2O2S/c1-9-11(17-8-13-9)5-6-14(2)12(15)10-4-3-7-16-10/h8,10H,3-7H2,1-2H3/t10-/m0/s1. The van der Waals surface area contributed by atoms with Crippen LogP contribution in [0.15, 0.2) is 5.51 Å². The number of aryl methyl sites for hydroxylation is 1. The quantitative estimate of drug-likeness (QED) is 0.820. The van der Waals surface area contributed by atoms with E-state index in [0.717, 1.165) is 38.1 Å². The molecule has 17 heavy (non-hydrogen) atoms. The van der Waals surface area contributed by atoms with Crippen LogP contribution in [0, 0.1) is 6.92 Å². The molecule has 0 aliphatic carbocycles. The number of thiazole rings is 1. The molecule has 0 aromatic carbocycles. The molecular weight excluding hydrogens is 236 g/mol. The van der Waals surface area contributed by atoms with E-state index in [4.69, 9.17) is 4.74 Å². The van der Waals surface area contributed by atoms with Gasteiger partial charge < -0.3 is 9.64 Å². The van der Waals surface area contributed by atoms with Gasteiger partial charge in [0, 0.05) is 31.5 Å². The average Bonchev–Trinajstić information content (AvgIpc) is 2.96. The van der Waals surface area contributed by atoms with Crippen molar-refractivity contribution in [3.63, 3.8) is 0 Å². The highest BCUT2D eigenvalue weighted by molar-refractivity contribution is 7.09. The minimum absolute atomic E-state index is 0.115. The Morgan fingerprint density at radius 2 is 2.53 bits per heavy atom. The van der Waals surface area contributed by atoms with Crippen molar-refractivity contribution in [2.75, 3.05) is 20.2 Å². The molecule has 1 amide bonds. The van der Waals surface area contributed by atoms with Gasteiger partial charge in [0.05, 0.1) is 11.2 Å². The number of nitrogens with zero attached hydrogens (tertiary/aromatic N) is 2. The predicted molar refractivity (Wildman–Crippen MR) is 67.2 cm³/mol. The van der Waals surface area contributed by atoms with Gasteiger partial charge in [0.25, 0.3) is 5.91 Å². The molecule has 0 radical (unpaired) electrons. The number of ether oxygens (including phenoxy) is 1. The van der Waals surface area contributed by atoms with Crippen LogP contribution < -0.4 is 0 Å². The zero-order valence-electron chi connectivity index (χ0n) is 10.3. The summed E-state index contributed by atoms with van der Waals surface area (Å²) < 4.78 is 5.40. The summed E-state index contributed by atoms with van der Waals surface area (Å²) in [6, 6.07) is 0. The molecule has 2 rings (SSSR count). The van der Waals surface area contributed by atoms with Crippen LogP contribution in [-0.4, -0.2) is 42.1 Å². The van der Waals surface area contributed by atoms with Gasteiger partial charge in [-0.05, 0) is 19.8 Å². The maximum atomic E-state index is 12.0. The average molecular weight is 254 g/mol. The molecule has 0 N–H and O–H groups in total. The summed E-state index contributed by atoms with van der Waals surface area (Å²) in [5.41, 5.74) is 2.93. The molecule has 2 heterocycles. The molecule has 0 bridgehead atoms. The number of amides is 1. The Morgan fingerprint density at radius 1 is 1.71 bits per heavy atom. The van der Waals surface area contributed by atoms with E-state index >= 15 is 0 Å². The smallest absolute Gasteiger partial charge is 0.251 e. The first-order valence-electron chi connectivity index (χ1n) is 5.94. The van der Waals surface area contributed by atoms with E-state index in [0.29, 0.717) is 0 Å². The SMILES string of the molecule is Cc1ncsc1CCN(C)C(=O)[C@@H]1CCCO1. The number of hydrogen-bond donors (Lipinski definition) is 0. The van der Waals surface area contributed by atoms with Crippen LogP contribution in [-0.2, 0) is 16.0 Å². The van der Waals surface area contributed by atoms with Crippen molar-refractivity contribution in [1.82, 2.24) is 9.88 Å². The highest BCUT2D eigenvalue weighted by atomic mass is 32.1. The Balaban J connectivity index is 1.82. The molecule has 1 aromatic heterocycles. The molecule has 4 nitrogen and oxygen atoms in total. The largest absolute Gasteiger partial charge is 0.368 e. The zero-order chi connectivity index (χ0) is 12.3. The lowest BCUT2D eigenvalue weighted by atomic mass is 10.2. The maximum Gasteiger partial charge on any atom is 0.251 e. The van der Waals surface area contributed by atoms with Gasteiger partial charge in [0.1, 0.15) is 6.10 Å². The molecule has 1 aromatic rings. The molecule has 1 aliphatic rings. The molecule has 1 saturated heterocycles. The molecule has 1 aliphatic heterocycles. The summed E-state index contributed by atoms with van der Waals surface area (Å²) in [7, 11) is 1.85. The minimum Gasteiger partial charge on any atom is -0.368 e. The fraction of sp³-hybridized carbons (Fsp3) is 0.667. The van der Waals surface area contributed by atoms with Crippen molar-refractivity contribution in [1.29, 1.82) is 0 Å². The number of carbonyl (C=O) groups excluding carboxylic acids is 1. The number of carbonyl (C=O) groups is 1. The molecule has 94 valence electrons. The molecule has 1 fully saturated rings. The number of likely N-dealkylation sites (N-methyl/N-ethyl adjacent to an activating group) is 1. The van der Waals surface area contributed by atoms with Crippen LogP contribution in [0.5, 0.6) is 0 Å². The Labute approximate surface area is 106 Å². The Bertz CT molecular complexity index is 386. The first kappa shape index (κ1) is 12.5. The van der Waals surface area contributed by atoms with Gasteiger partial charge >= 0.3 is 0 Å². The van der Waals surface area contributed by atoms with E-state index in [1.807, 2.05) is 19.5 Å². The van der Waals surface area contributed by atoms with Crippen LogP contribution >= 0.6 is 11.3 Å². The summed E-state index contributed by atoms with van der Waals surface area (Å²) in [6.07, 6.45) is 2.54. The van der Waals surface area contributed by atoms with Crippen LogP contribution in [0.1, 0.15) is 23.4 Å². The van der Waals surface area contributed by atoms with E-state index in [1.165, 1.54) is 4.88 Å². The lowest BCUT2D eigenvalue weighted by Gasteiger charge is -2.20. The van der Waals surface area contributed by atoms with Gasteiger partial charge in [-0.1, -0.05) is 0 Å². The molecular formula is C12H18N2O2S. The fourth-order valence-electron chi connectivity index (χ4n) is 1.96. The number of hydrogen-bond acceptors (Lipinski definition) is 4. The van der Waals surface area contributed by atoms with Gasteiger partial charge in [-0.15, -0.1) is 11.3 Å². The van der Waals surface area contributed by atoms with E-state index in [-0.39, 0.29) is 12.0 Å². The first-order chi connectivity index (χ1) is 8.18. The second-order valence-corrected chi connectivity index (χ2v) is 5.31.